The molecule has 22 heavy (non-hydrogen) atoms. The number of carbonyl (C=O) groups is 1. The zero-order chi connectivity index (χ0) is 16.3. The smallest absolute Gasteiger partial charge is 0.224 e. The van der Waals surface area contributed by atoms with Gasteiger partial charge in [-0.3, -0.25) is 4.79 Å². The zero-order valence-corrected chi connectivity index (χ0v) is 13.3. The molecular formula is C16H24N2O4. The molecule has 0 bridgehead atoms. The van der Waals surface area contributed by atoms with Crippen LogP contribution in [0.15, 0.2) is 12.1 Å². The summed E-state index contributed by atoms with van der Waals surface area (Å²) in [5.74, 6) is 0.502. The molecule has 1 aromatic rings. The first kappa shape index (κ1) is 16.6. The van der Waals surface area contributed by atoms with Gasteiger partial charge in [-0.1, -0.05) is 0 Å². The predicted molar refractivity (Wildman–Crippen MR) is 84.3 cm³/mol. The number of phenols is 1. The van der Waals surface area contributed by atoms with E-state index < -0.39 is 6.10 Å². The molecule has 122 valence electrons. The Bertz CT molecular complexity index is 552. The number of hydrogen-bond donors (Lipinski definition) is 4. The molecule has 1 aliphatic rings. The van der Waals surface area contributed by atoms with Gasteiger partial charge in [-0.25, -0.2) is 0 Å². The number of carbonyl (C=O) groups excluding carboxylic acids is 1. The first-order chi connectivity index (χ1) is 10.3. The number of amides is 1. The Morgan fingerprint density at radius 2 is 2.09 bits per heavy atom. The maximum Gasteiger partial charge on any atom is 0.224 e. The molecule has 0 saturated heterocycles. The normalized spacial score (nSPS) is 15.9. The van der Waals surface area contributed by atoms with Crippen LogP contribution in [0.25, 0.3) is 0 Å². The number of benzene rings is 1. The molecule has 0 fully saturated rings. The average molecular weight is 308 g/mol. The number of hydrogen-bond acceptors (Lipinski definition) is 5. The number of phenolic OH excluding ortho intramolecular Hbond substituents is 1. The largest absolute Gasteiger partial charge is 0.506 e. The molecule has 1 unspecified atom stereocenters. The standard InChI is InChI=1S/C16H24N2O4/c1-16(2,3)17-8-10(19)9-22-13-6-5-12(20)15-11(13)4-7-14(21)18-15/h5-6,10,17,19-20H,4,7-9H2,1-3H3,(H,18,21). The lowest BCUT2D eigenvalue weighted by Crippen LogP contribution is -2.42. The van der Waals surface area contributed by atoms with E-state index in [2.05, 4.69) is 10.6 Å². The molecule has 1 aliphatic heterocycles. The molecule has 6 heteroatoms. The van der Waals surface area contributed by atoms with E-state index >= 15 is 0 Å². The summed E-state index contributed by atoms with van der Waals surface area (Å²) in [5, 5.41) is 25.7. The Hall–Kier alpha value is -1.79. The fourth-order valence-electron chi connectivity index (χ4n) is 2.25. The Balaban J connectivity index is 1.99. The summed E-state index contributed by atoms with van der Waals surface area (Å²) in [6.45, 7) is 6.66. The number of aliphatic hydroxyl groups excluding tert-OH is 1. The lowest BCUT2D eigenvalue weighted by atomic mass is 10.0. The van der Waals surface area contributed by atoms with Crippen LogP contribution >= 0.6 is 0 Å². The molecule has 1 aromatic carbocycles. The van der Waals surface area contributed by atoms with Crippen molar-refractivity contribution in [1.82, 2.24) is 5.32 Å². The Kier molecular flexibility index (Phi) is 4.93. The van der Waals surface area contributed by atoms with Gasteiger partial charge in [-0.15, -0.1) is 0 Å². The van der Waals surface area contributed by atoms with Gasteiger partial charge in [0.05, 0.1) is 5.69 Å². The van der Waals surface area contributed by atoms with Crippen molar-refractivity contribution in [2.75, 3.05) is 18.5 Å². The van der Waals surface area contributed by atoms with Crippen molar-refractivity contribution in [2.45, 2.75) is 45.3 Å². The van der Waals surface area contributed by atoms with E-state index in [0.717, 1.165) is 5.56 Å². The second-order valence-corrected chi connectivity index (χ2v) is 6.58. The van der Waals surface area contributed by atoms with Crippen LogP contribution in [-0.2, 0) is 11.2 Å². The number of β-amino-alcohol motifs (C(OH)–C–C–N with tert-alkyl or cyclic N) is 1. The van der Waals surface area contributed by atoms with E-state index in [1.54, 1.807) is 6.07 Å². The van der Waals surface area contributed by atoms with E-state index in [9.17, 15) is 15.0 Å². The van der Waals surface area contributed by atoms with Crippen LogP contribution < -0.4 is 15.4 Å². The first-order valence-electron chi connectivity index (χ1n) is 7.47. The summed E-state index contributed by atoms with van der Waals surface area (Å²) in [6, 6.07) is 3.15. The highest BCUT2D eigenvalue weighted by molar-refractivity contribution is 5.96. The molecule has 0 aliphatic carbocycles. The van der Waals surface area contributed by atoms with E-state index in [-0.39, 0.29) is 23.8 Å². The van der Waals surface area contributed by atoms with Crippen molar-refractivity contribution in [3.8, 4) is 11.5 Å². The summed E-state index contributed by atoms with van der Waals surface area (Å²) in [6.07, 6.45) is 0.240. The van der Waals surface area contributed by atoms with Crippen LogP contribution in [0.2, 0.25) is 0 Å². The number of aromatic hydroxyl groups is 1. The Morgan fingerprint density at radius 1 is 1.36 bits per heavy atom. The van der Waals surface area contributed by atoms with Crippen molar-refractivity contribution in [2.24, 2.45) is 0 Å². The van der Waals surface area contributed by atoms with Crippen LogP contribution in [0, 0.1) is 0 Å². The fraction of sp³-hybridized carbons (Fsp3) is 0.562. The number of rotatable bonds is 5. The summed E-state index contributed by atoms with van der Waals surface area (Å²) < 4.78 is 5.67. The monoisotopic (exact) mass is 308 g/mol. The molecule has 4 N–H and O–H groups in total. The highest BCUT2D eigenvalue weighted by Gasteiger charge is 2.22. The molecule has 6 nitrogen and oxygen atoms in total. The van der Waals surface area contributed by atoms with Gasteiger partial charge in [0.2, 0.25) is 5.91 Å². The summed E-state index contributed by atoms with van der Waals surface area (Å²) in [5.41, 5.74) is 1.12. The quantitative estimate of drug-likeness (QED) is 0.617. The summed E-state index contributed by atoms with van der Waals surface area (Å²) in [4.78, 5) is 11.4. The van der Waals surface area contributed by atoms with Crippen molar-refractivity contribution in [3.05, 3.63) is 17.7 Å². The van der Waals surface area contributed by atoms with E-state index in [4.69, 9.17) is 4.74 Å². The van der Waals surface area contributed by atoms with Crippen LogP contribution in [0.5, 0.6) is 11.5 Å². The average Bonchev–Trinajstić information content (AvgIpc) is 2.44. The van der Waals surface area contributed by atoms with Gasteiger partial charge < -0.3 is 25.6 Å². The lowest BCUT2D eigenvalue weighted by molar-refractivity contribution is -0.116. The van der Waals surface area contributed by atoms with Gasteiger partial charge >= 0.3 is 0 Å². The third-order valence-corrected chi connectivity index (χ3v) is 3.41. The van der Waals surface area contributed by atoms with E-state index in [1.807, 2.05) is 20.8 Å². The maximum absolute atomic E-state index is 11.4. The van der Waals surface area contributed by atoms with E-state index in [0.29, 0.717) is 30.8 Å². The number of aliphatic hydroxyl groups is 1. The minimum atomic E-state index is -0.637. The van der Waals surface area contributed by atoms with Gasteiger partial charge in [-0.05, 0) is 39.3 Å². The minimum absolute atomic E-state index is 0.0327. The number of ether oxygens (including phenoxy) is 1. The Morgan fingerprint density at radius 3 is 2.77 bits per heavy atom. The molecule has 1 amide bonds. The zero-order valence-electron chi connectivity index (χ0n) is 13.3. The molecule has 0 aromatic heterocycles. The van der Waals surface area contributed by atoms with Gasteiger partial charge in [0.15, 0.2) is 0 Å². The number of nitrogens with one attached hydrogen (secondary N) is 2. The van der Waals surface area contributed by atoms with Crippen LogP contribution in [0.4, 0.5) is 5.69 Å². The topological polar surface area (TPSA) is 90.8 Å². The minimum Gasteiger partial charge on any atom is -0.506 e. The first-order valence-corrected chi connectivity index (χ1v) is 7.47. The predicted octanol–water partition coefficient (Wildman–Crippen LogP) is 1.40. The molecule has 0 spiro atoms. The van der Waals surface area contributed by atoms with Gasteiger partial charge in [-0.2, -0.15) is 0 Å². The molecular weight excluding hydrogens is 284 g/mol. The van der Waals surface area contributed by atoms with Gasteiger partial charge in [0, 0.05) is 24.1 Å². The second kappa shape index (κ2) is 6.54. The number of anilines is 1. The van der Waals surface area contributed by atoms with Crippen LogP contribution in [0.3, 0.4) is 0 Å². The highest BCUT2D eigenvalue weighted by Crippen LogP contribution is 2.38. The van der Waals surface area contributed by atoms with Crippen molar-refractivity contribution < 1.29 is 19.7 Å². The summed E-state index contributed by atoms with van der Waals surface area (Å²) in [7, 11) is 0. The Labute approximate surface area is 130 Å². The SMILES string of the molecule is CC(C)(C)NCC(O)COc1ccc(O)c2c1CCC(=O)N2. The highest BCUT2D eigenvalue weighted by atomic mass is 16.5. The number of fused-ring (bicyclic) bond motifs is 1. The molecule has 1 heterocycles. The van der Waals surface area contributed by atoms with Crippen molar-refractivity contribution in [3.63, 3.8) is 0 Å². The molecule has 0 radical (unpaired) electrons. The molecule has 2 rings (SSSR count). The third kappa shape index (κ3) is 4.35. The third-order valence-electron chi connectivity index (χ3n) is 3.41. The molecule has 0 saturated carbocycles. The van der Waals surface area contributed by atoms with Gasteiger partial charge in [0.25, 0.3) is 0 Å². The fourth-order valence-corrected chi connectivity index (χ4v) is 2.25. The van der Waals surface area contributed by atoms with Crippen molar-refractivity contribution in [1.29, 1.82) is 0 Å². The summed E-state index contributed by atoms with van der Waals surface area (Å²) >= 11 is 0. The molecule has 1 atom stereocenters. The lowest BCUT2D eigenvalue weighted by Gasteiger charge is -2.24. The van der Waals surface area contributed by atoms with Crippen LogP contribution in [-0.4, -0.2) is 40.9 Å². The maximum atomic E-state index is 11.4. The van der Waals surface area contributed by atoms with Crippen molar-refractivity contribution >= 4 is 11.6 Å². The van der Waals surface area contributed by atoms with Crippen LogP contribution in [0.1, 0.15) is 32.8 Å². The van der Waals surface area contributed by atoms with E-state index in [1.165, 1.54) is 6.07 Å². The van der Waals surface area contributed by atoms with Gasteiger partial charge in [0.1, 0.15) is 24.2 Å². The second-order valence-electron chi connectivity index (χ2n) is 6.58.